The molecule has 1 aliphatic rings. The van der Waals surface area contributed by atoms with Crippen LogP contribution < -0.4 is 5.32 Å². The summed E-state index contributed by atoms with van der Waals surface area (Å²) in [6.45, 7) is 6.36. The zero-order valence-corrected chi connectivity index (χ0v) is 18.8. The highest BCUT2D eigenvalue weighted by Crippen LogP contribution is 2.27. The van der Waals surface area contributed by atoms with Gasteiger partial charge < -0.3 is 0 Å². The molecular weight excluding hydrogens is 408 g/mol. The first-order valence-corrected chi connectivity index (χ1v) is 12.3. The van der Waals surface area contributed by atoms with Gasteiger partial charge in [-0.15, -0.1) is 10.2 Å². The van der Waals surface area contributed by atoms with Crippen LogP contribution in [0.15, 0.2) is 23.1 Å². The first kappa shape index (κ1) is 21.9. The highest BCUT2D eigenvalue weighted by atomic mass is 32.2. The maximum Gasteiger partial charge on any atom is 0.257 e. The molecule has 1 aromatic carbocycles. The van der Waals surface area contributed by atoms with E-state index in [9.17, 15) is 13.2 Å². The summed E-state index contributed by atoms with van der Waals surface area (Å²) >= 11 is 1.35. The van der Waals surface area contributed by atoms with Crippen molar-refractivity contribution in [1.82, 2.24) is 14.5 Å². The fourth-order valence-electron chi connectivity index (χ4n) is 3.47. The third kappa shape index (κ3) is 5.02. The van der Waals surface area contributed by atoms with Crippen LogP contribution in [0.1, 0.15) is 66.9 Å². The standard InChI is InChI=1S/C20H28N4O3S2/c1-4-5-9-18-22-23-20(28-18)21-19(25)17-13-16(11-10-14(17)2)29(26,27)24-12-7-6-8-15(24)3/h10-11,13,15H,4-9,12H2,1-3H3,(H,21,23,25). The van der Waals surface area contributed by atoms with Crippen molar-refractivity contribution in [3.05, 3.63) is 34.3 Å². The number of carbonyl (C=O) groups is 1. The minimum absolute atomic E-state index is 0.0322. The molecule has 9 heteroatoms. The summed E-state index contributed by atoms with van der Waals surface area (Å²) in [4.78, 5) is 13.0. The molecule has 1 unspecified atom stereocenters. The van der Waals surface area contributed by atoms with Crippen LogP contribution >= 0.6 is 11.3 Å². The third-order valence-electron chi connectivity index (χ3n) is 5.23. The van der Waals surface area contributed by atoms with E-state index in [1.807, 2.05) is 6.92 Å². The summed E-state index contributed by atoms with van der Waals surface area (Å²) in [5.74, 6) is -0.371. The molecule has 2 heterocycles. The molecule has 29 heavy (non-hydrogen) atoms. The molecule has 3 rings (SSSR count). The number of hydrogen-bond acceptors (Lipinski definition) is 6. The number of anilines is 1. The smallest absolute Gasteiger partial charge is 0.257 e. The molecule has 1 amide bonds. The van der Waals surface area contributed by atoms with Gasteiger partial charge in [0, 0.05) is 24.6 Å². The van der Waals surface area contributed by atoms with E-state index >= 15 is 0 Å². The minimum atomic E-state index is -3.64. The average Bonchev–Trinajstić information content (AvgIpc) is 3.13. The lowest BCUT2D eigenvalue weighted by molar-refractivity contribution is 0.102. The Morgan fingerprint density at radius 1 is 1.31 bits per heavy atom. The summed E-state index contributed by atoms with van der Waals surface area (Å²) in [5.41, 5.74) is 1.05. The number of nitrogens with zero attached hydrogens (tertiary/aromatic N) is 3. The molecule has 0 spiro atoms. The van der Waals surface area contributed by atoms with E-state index in [0.29, 0.717) is 22.8 Å². The van der Waals surface area contributed by atoms with Gasteiger partial charge in [-0.3, -0.25) is 10.1 Å². The number of amides is 1. The van der Waals surface area contributed by atoms with Crippen LogP contribution in [0.3, 0.4) is 0 Å². The van der Waals surface area contributed by atoms with E-state index in [2.05, 4.69) is 22.4 Å². The largest absolute Gasteiger partial charge is 0.296 e. The number of benzene rings is 1. The normalized spacial score (nSPS) is 18.0. The second kappa shape index (κ2) is 9.32. The quantitative estimate of drug-likeness (QED) is 0.708. The van der Waals surface area contributed by atoms with Gasteiger partial charge in [0.25, 0.3) is 5.91 Å². The summed E-state index contributed by atoms with van der Waals surface area (Å²) in [7, 11) is -3.64. The zero-order valence-electron chi connectivity index (χ0n) is 17.1. The van der Waals surface area contributed by atoms with Crippen LogP contribution in [0.4, 0.5) is 5.13 Å². The number of sulfonamides is 1. The third-order valence-corrected chi connectivity index (χ3v) is 8.14. The molecule has 1 aliphatic heterocycles. The molecule has 1 N–H and O–H groups in total. The predicted molar refractivity (Wildman–Crippen MR) is 115 cm³/mol. The average molecular weight is 437 g/mol. The fraction of sp³-hybridized carbons (Fsp3) is 0.550. The number of piperidine rings is 1. The van der Waals surface area contributed by atoms with Crippen LogP contribution in [0.25, 0.3) is 0 Å². The molecule has 7 nitrogen and oxygen atoms in total. The highest BCUT2D eigenvalue weighted by Gasteiger charge is 2.31. The number of nitrogens with one attached hydrogen (secondary N) is 1. The van der Waals surface area contributed by atoms with Gasteiger partial charge in [0.1, 0.15) is 5.01 Å². The Bertz CT molecular complexity index is 972. The first-order chi connectivity index (χ1) is 13.8. The number of rotatable bonds is 7. The van der Waals surface area contributed by atoms with E-state index in [0.717, 1.165) is 43.5 Å². The van der Waals surface area contributed by atoms with Crippen LogP contribution in [-0.2, 0) is 16.4 Å². The van der Waals surface area contributed by atoms with Crippen LogP contribution in [0.2, 0.25) is 0 Å². The first-order valence-electron chi connectivity index (χ1n) is 10.1. The lowest BCUT2D eigenvalue weighted by Crippen LogP contribution is -2.42. The molecule has 1 aromatic heterocycles. The van der Waals surface area contributed by atoms with Gasteiger partial charge in [-0.1, -0.05) is 37.2 Å². The van der Waals surface area contributed by atoms with Gasteiger partial charge in [-0.2, -0.15) is 4.31 Å². The molecule has 0 radical (unpaired) electrons. The fourth-order valence-corrected chi connectivity index (χ4v) is 5.97. The molecular formula is C20H28N4O3S2. The monoisotopic (exact) mass is 436 g/mol. The number of carbonyl (C=O) groups excluding carboxylic acids is 1. The van der Waals surface area contributed by atoms with Crippen LogP contribution in [0.5, 0.6) is 0 Å². The summed E-state index contributed by atoms with van der Waals surface area (Å²) < 4.78 is 27.8. The molecule has 2 aromatic rings. The second-order valence-electron chi connectivity index (χ2n) is 7.50. The lowest BCUT2D eigenvalue weighted by Gasteiger charge is -2.32. The Balaban J connectivity index is 1.81. The molecule has 0 aliphatic carbocycles. The Kier molecular flexibility index (Phi) is 7.02. The Labute approximate surface area is 176 Å². The van der Waals surface area contributed by atoms with Crippen molar-refractivity contribution >= 4 is 32.4 Å². The van der Waals surface area contributed by atoms with Crippen molar-refractivity contribution in [3.8, 4) is 0 Å². The van der Waals surface area contributed by atoms with E-state index in [-0.39, 0.29) is 16.8 Å². The number of aromatic nitrogens is 2. The van der Waals surface area contributed by atoms with Crippen molar-refractivity contribution in [3.63, 3.8) is 0 Å². The van der Waals surface area contributed by atoms with Gasteiger partial charge >= 0.3 is 0 Å². The van der Waals surface area contributed by atoms with Crippen LogP contribution in [-0.4, -0.2) is 41.4 Å². The molecule has 158 valence electrons. The topological polar surface area (TPSA) is 92.3 Å². The molecule has 1 fully saturated rings. The van der Waals surface area contributed by atoms with Gasteiger partial charge in [0.15, 0.2) is 0 Å². The van der Waals surface area contributed by atoms with Gasteiger partial charge in [-0.25, -0.2) is 8.42 Å². The van der Waals surface area contributed by atoms with Crippen molar-refractivity contribution in [1.29, 1.82) is 0 Å². The predicted octanol–water partition coefficient (Wildman–Crippen LogP) is 4.00. The second-order valence-corrected chi connectivity index (χ2v) is 10.4. The highest BCUT2D eigenvalue weighted by molar-refractivity contribution is 7.89. The molecule has 0 bridgehead atoms. The maximum absolute atomic E-state index is 13.1. The maximum atomic E-state index is 13.1. The Morgan fingerprint density at radius 3 is 2.83 bits per heavy atom. The summed E-state index contributed by atoms with van der Waals surface area (Å²) in [6, 6.07) is 4.70. The Morgan fingerprint density at radius 2 is 2.10 bits per heavy atom. The molecule has 0 saturated carbocycles. The number of hydrogen-bond donors (Lipinski definition) is 1. The van der Waals surface area contributed by atoms with Gasteiger partial charge in [-0.05, 0) is 50.8 Å². The molecule has 1 saturated heterocycles. The van der Waals surface area contributed by atoms with E-state index in [1.165, 1.54) is 17.4 Å². The minimum Gasteiger partial charge on any atom is -0.296 e. The lowest BCUT2D eigenvalue weighted by atomic mass is 10.1. The molecule has 1 atom stereocenters. The van der Waals surface area contributed by atoms with Crippen molar-refractivity contribution in [2.75, 3.05) is 11.9 Å². The van der Waals surface area contributed by atoms with Crippen molar-refractivity contribution < 1.29 is 13.2 Å². The van der Waals surface area contributed by atoms with Crippen molar-refractivity contribution in [2.24, 2.45) is 0 Å². The van der Waals surface area contributed by atoms with E-state index in [1.54, 1.807) is 23.4 Å². The van der Waals surface area contributed by atoms with Crippen LogP contribution in [0, 0.1) is 6.92 Å². The number of aryl methyl sites for hydroxylation is 2. The SMILES string of the molecule is CCCCc1nnc(NC(=O)c2cc(S(=O)(=O)N3CCCCC3C)ccc2C)s1. The zero-order chi connectivity index (χ0) is 21.0. The van der Waals surface area contributed by atoms with E-state index < -0.39 is 10.0 Å². The van der Waals surface area contributed by atoms with Gasteiger partial charge in [0.05, 0.1) is 4.90 Å². The Hall–Kier alpha value is -1.84. The van der Waals surface area contributed by atoms with Crippen molar-refractivity contribution in [2.45, 2.75) is 70.2 Å². The summed E-state index contributed by atoms with van der Waals surface area (Å²) in [6.07, 6.45) is 5.69. The summed E-state index contributed by atoms with van der Waals surface area (Å²) in [5, 5.41) is 12.2. The van der Waals surface area contributed by atoms with E-state index in [4.69, 9.17) is 0 Å². The van der Waals surface area contributed by atoms with Gasteiger partial charge in [0.2, 0.25) is 15.2 Å². The number of unbranched alkanes of at least 4 members (excludes halogenated alkanes) is 1.